The number of nitrogens with zero attached hydrogens (tertiary/aromatic N) is 4. The van der Waals surface area contributed by atoms with Gasteiger partial charge in [-0.1, -0.05) is 24.6 Å². The molecule has 23 heavy (non-hydrogen) atoms. The number of morpholine rings is 1. The lowest BCUT2D eigenvalue weighted by Crippen LogP contribution is -2.38. The van der Waals surface area contributed by atoms with E-state index in [0.29, 0.717) is 11.8 Å². The van der Waals surface area contributed by atoms with E-state index in [2.05, 4.69) is 31.9 Å². The smallest absolute Gasteiger partial charge is 0.230 e. The molecule has 0 atom stereocenters. The number of rotatable bonds is 6. The van der Waals surface area contributed by atoms with E-state index in [-0.39, 0.29) is 5.91 Å². The minimum atomic E-state index is 0.0977. The van der Waals surface area contributed by atoms with Crippen molar-refractivity contribution in [1.29, 1.82) is 0 Å². The van der Waals surface area contributed by atoms with E-state index in [1.165, 1.54) is 24.6 Å². The van der Waals surface area contributed by atoms with E-state index in [1.54, 1.807) is 0 Å². The van der Waals surface area contributed by atoms with Crippen molar-refractivity contribution in [2.75, 3.05) is 37.0 Å². The highest BCUT2D eigenvalue weighted by Crippen LogP contribution is 2.23. The lowest BCUT2D eigenvalue weighted by molar-refractivity contribution is -0.119. The van der Waals surface area contributed by atoms with Gasteiger partial charge in [-0.3, -0.25) is 9.36 Å². The Morgan fingerprint density at radius 2 is 2.04 bits per heavy atom. The molecule has 1 aromatic heterocycles. The van der Waals surface area contributed by atoms with Crippen LogP contribution in [0.5, 0.6) is 0 Å². The Hall–Kier alpha value is -1.28. The zero-order valence-electron chi connectivity index (χ0n) is 13.7. The molecule has 2 heterocycles. The molecule has 2 aliphatic rings. The minimum Gasteiger partial charge on any atom is -0.378 e. The number of carbonyl (C=O) groups is 1. The summed E-state index contributed by atoms with van der Waals surface area (Å²) in [6.07, 6.45) is 4.68. The molecule has 1 saturated heterocycles. The number of ether oxygens (including phenoxy) is 1. The summed E-state index contributed by atoms with van der Waals surface area (Å²) in [5.74, 6) is 1.38. The maximum atomic E-state index is 12.1. The SMILES string of the molecule is CCn1c(SCC(=O)NC2CCCC2)nnc1N1CCOCC1. The van der Waals surface area contributed by atoms with Gasteiger partial charge in [-0.15, -0.1) is 10.2 Å². The summed E-state index contributed by atoms with van der Waals surface area (Å²) in [4.78, 5) is 14.3. The minimum absolute atomic E-state index is 0.0977. The first kappa shape index (κ1) is 16.6. The second-order valence-electron chi connectivity index (χ2n) is 5.96. The first-order chi connectivity index (χ1) is 11.3. The van der Waals surface area contributed by atoms with Crippen molar-refractivity contribution in [1.82, 2.24) is 20.1 Å². The molecule has 0 spiro atoms. The average Bonchev–Trinajstić information content (AvgIpc) is 3.22. The molecule has 1 aliphatic heterocycles. The highest BCUT2D eigenvalue weighted by atomic mass is 32.2. The fourth-order valence-corrected chi connectivity index (χ4v) is 3.94. The van der Waals surface area contributed by atoms with Crippen LogP contribution in [-0.2, 0) is 16.1 Å². The van der Waals surface area contributed by atoms with Crippen LogP contribution >= 0.6 is 11.8 Å². The standard InChI is InChI=1S/C15H25N5O2S/c1-2-20-14(19-7-9-22-10-8-19)17-18-15(20)23-11-13(21)16-12-5-3-4-6-12/h12H,2-11H2,1H3,(H,16,21). The Labute approximate surface area is 141 Å². The zero-order valence-corrected chi connectivity index (χ0v) is 14.5. The number of amides is 1. The number of thioether (sulfide) groups is 1. The molecule has 0 aromatic carbocycles. The van der Waals surface area contributed by atoms with Crippen molar-refractivity contribution in [2.45, 2.75) is 50.4 Å². The molecule has 1 N–H and O–H groups in total. The predicted molar refractivity (Wildman–Crippen MR) is 89.9 cm³/mol. The summed E-state index contributed by atoms with van der Waals surface area (Å²) < 4.78 is 7.47. The van der Waals surface area contributed by atoms with E-state index in [9.17, 15) is 4.79 Å². The van der Waals surface area contributed by atoms with Crippen LogP contribution in [0.25, 0.3) is 0 Å². The van der Waals surface area contributed by atoms with Crippen molar-refractivity contribution >= 4 is 23.6 Å². The quantitative estimate of drug-likeness (QED) is 0.787. The second-order valence-corrected chi connectivity index (χ2v) is 6.91. The van der Waals surface area contributed by atoms with Crippen molar-refractivity contribution in [3.8, 4) is 0 Å². The summed E-state index contributed by atoms with van der Waals surface area (Å²) in [7, 11) is 0. The van der Waals surface area contributed by atoms with E-state index in [4.69, 9.17) is 4.74 Å². The molecular weight excluding hydrogens is 314 g/mol. The number of hydrogen-bond donors (Lipinski definition) is 1. The summed E-state index contributed by atoms with van der Waals surface area (Å²) in [6, 6.07) is 0.371. The summed E-state index contributed by atoms with van der Waals surface area (Å²) in [6.45, 7) is 6.00. The molecule has 2 fully saturated rings. The molecule has 0 unspecified atom stereocenters. The average molecular weight is 339 g/mol. The number of anilines is 1. The van der Waals surface area contributed by atoms with Crippen molar-refractivity contribution < 1.29 is 9.53 Å². The highest BCUT2D eigenvalue weighted by molar-refractivity contribution is 7.99. The van der Waals surface area contributed by atoms with Gasteiger partial charge >= 0.3 is 0 Å². The Morgan fingerprint density at radius 3 is 2.74 bits per heavy atom. The number of carbonyl (C=O) groups excluding carboxylic acids is 1. The number of hydrogen-bond acceptors (Lipinski definition) is 6. The normalized spacial score (nSPS) is 19.3. The fraction of sp³-hybridized carbons (Fsp3) is 0.800. The monoisotopic (exact) mass is 339 g/mol. The second kappa shape index (κ2) is 8.01. The molecule has 0 bridgehead atoms. The number of nitrogens with one attached hydrogen (secondary N) is 1. The molecule has 7 nitrogen and oxygen atoms in total. The van der Waals surface area contributed by atoms with Crippen LogP contribution in [-0.4, -0.2) is 58.8 Å². The van der Waals surface area contributed by atoms with E-state index in [1.807, 2.05) is 0 Å². The van der Waals surface area contributed by atoms with Gasteiger partial charge in [0.1, 0.15) is 0 Å². The highest BCUT2D eigenvalue weighted by Gasteiger charge is 2.21. The van der Waals surface area contributed by atoms with Crippen LogP contribution in [0.15, 0.2) is 5.16 Å². The molecule has 1 amide bonds. The largest absolute Gasteiger partial charge is 0.378 e. The predicted octanol–water partition coefficient (Wildman–Crippen LogP) is 1.29. The van der Waals surface area contributed by atoms with Gasteiger partial charge in [-0.05, 0) is 19.8 Å². The summed E-state index contributed by atoms with van der Waals surface area (Å²) in [5.41, 5.74) is 0. The number of aromatic nitrogens is 3. The third-order valence-electron chi connectivity index (χ3n) is 4.36. The van der Waals surface area contributed by atoms with Crippen molar-refractivity contribution in [2.24, 2.45) is 0 Å². The summed E-state index contributed by atoms with van der Waals surface area (Å²) >= 11 is 1.47. The van der Waals surface area contributed by atoms with Gasteiger partial charge in [-0.2, -0.15) is 0 Å². The Morgan fingerprint density at radius 1 is 1.30 bits per heavy atom. The lowest BCUT2D eigenvalue weighted by atomic mass is 10.2. The van der Waals surface area contributed by atoms with Gasteiger partial charge in [0, 0.05) is 25.7 Å². The fourth-order valence-electron chi connectivity index (χ4n) is 3.13. The summed E-state index contributed by atoms with van der Waals surface area (Å²) in [5, 5.41) is 12.5. The van der Waals surface area contributed by atoms with E-state index < -0.39 is 0 Å². The topological polar surface area (TPSA) is 72.3 Å². The molecule has 0 radical (unpaired) electrons. The van der Waals surface area contributed by atoms with Gasteiger partial charge in [0.2, 0.25) is 11.9 Å². The van der Waals surface area contributed by atoms with Crippen molar-refractivity contribution in [3.05, 3.63) is 0 Å². The van der Waals surface area contributed by atoms with Gasteiger partial charge in [0.05, 0.1) is 19.0 Å². The van der Waals surface area contributed by atoms with Gasteiger partial charge in [-0.25, -0.2) is 0 Å². The van der Waals surface area contributed by atoms with E-state index >= 15 is 0 Å². The van der Waals surface area contributed by atoms with Crippen molar-refractivity contribution in [3.63, 3.8) is 0 Å². The van der Waals surface area contributed by atoms with Crippen LogP contribution in [0.3, 0.4) is 0 Å². The first-order valence-corrected chi connectivity index (χ1v) is 9.44. The van der Waals surface area contributed by atoms with Crippen LogP contribution in [0.1, 0.15) is 32.6 Å². The molecular formula is C15H25N5O2S. The lowest BCUT2D eigenvalue weighted by Gasteiger charge is -2.27. The zero-order chi connectivity index (χ0) is 16.1. The van der Waals surface area contributed by atoms with Crippen LogP contribution in [0.4, 0.5) is 5.95 Å². The maximum Gasteiger partial charge on any atom is 0.230 e. The molecule has 128 valence electrons. The molecule has 1 aliphatic carbocycles. The van der Waals surface area contributed by atoms with E-state index in [0.717, 1.165) is 56.8 Å². The van der Waals surface area contributed by atoms with Crippen LogP contribution in [0, 0.1) is 0 Å². The van der Waals surface area contributed by atoms with Crippen LogP contribution < -0.4 is 10.2 Å². The van der Waals surface area contributed by atoms with Crippen LogP contribution in [0.2, 0.25) is 0 Å². The molecule has 1 saturated carbocycles. The molecule has 8 heteroatoms. The third-order valence-corrected chi connectivity index (χ3v) is 5.33. The maximum absolute atomic E-state index is 12.1. The molecule has 1 aromatic rings. The van der Waals surface area contributed by atoms with Gasteiger partial charge in [0.15, 0.2) is 5.16 Å². The van der Waals surface area contributed by atoms with Gasteiger partial charge < -0.3 is 15.0 Å². The molecule has 3 rings (SSSR count). The third kappa shape index (κ3) is 4.17. The Balaban J connectivity index is 1.56. The van der Waals surface area contributed by atoms with Gasteiger partial charge in [0.25, 0.3) is 0 Å². The Kier molecular flexibility index (Phi) is 5.77. The Bertz CT molecular complexity index is 524. The first-order valence-electron chi connectivity index (χ1n) is 8.46.